The van der Waals surface area contributed by atoms with Crippen LogP contribution < -0.4 is 10.6 Å². The third kappa shape index (κ3) is 13.0. The van der Waals surface area contributed by atoms with E-state index in [1.165, 1.54) is 28.1 Å². The molecule has 0 saturated heterocycles. The van der Waals surface area contributed by atoms with Crippen molar-refractivity contribution in [1.29, 1.82) is 0 Å². The number of aliphatic hydroxyl groups excluding tert-OH is 1. The Morgan fingerprint density at radius 3 is 2.22 bits per heavy atom. The topological polar surface area (TPSA) is 198 Å². The lowest BCUT2D eigenvalue weighted by molar-refractivity contribution is -0.146. The second kappa shape index (κ2) is 14.4. The van der Waals surface area contributed by atoms with Crippen molar-refractivity contribution < 1.29 is 52.6 Å². The van der Waals surface area contributed by atoms with Crippen molar-refractivity contribution in [3.8, 4) is 0 Å². The molecule has 0 aromatic heterocycles. The van der Waals surface area contributed by atoms with E-state index in [2.05, 4.69) is 24.6 Å². The van der Waals surface area contributed by atoms with E-state index < -0.39 is 55.0 Å². The number of ether oxygens (including phenoxy) is 2. The third-order valence-corrected chi connectivity index (χ3v) is 5.70. The SMILES string of the molecule is COC(=O)CC(SCCNC(=O)CCNC(=O)[C@H](O)C(C)(C)COP(=O)(O)O)C(=O)OC. The minimum Gasteiger partial charge on any atom is -0.469 e. The van der Waals surface area contributed by atoms with E-state index in [1.807, 2.05) is 0 Å². The first-order valence-corrected chi connectivity index (χ1v) is 12.0. The molecule has 0 aliphatic rings. The molecule has 1 unspecified atom stereocenters. The van der Waals surface area contributed by atoms with Gasteiger partial charge in [-0.25, -0.2) is 4.57 Å². The highest BCUT2D eigenvalue weighted by molar-refractivity contribution is 8.00. The largest absolute Gasteiger partial charge is 0.469 e. The molecular formula is C17H31N2O11PS. The number of rotatable bonds is 15. The summed E-state index contributed by atoms with van der Waals surface area (Å²) in [6, 6.07) is 0. The molecule has 13 nitrogen and oxygen atoms in total. The number of aliphatic hydroxyl groups is 1. The van der Waals surface area contributed by atoms with E-state index in [4.69, 9.17) is 9.79 Å². The average Bonchev–Trinajstić information content (AvgIpc) is 2.72. The fraction of sp³-hybridized carbons (Fsp3) is 0.765. The van der Waals surface area contributed by atoms with Crippen LogP contribution in [0.25, 0.3) is 0 Å². The minimum atomic E-state index is -4.75. The van der Waals surface area contributed by atoms with Crippen LogP contribution in [0.3, 0.4) is 0 Å². The number of hydrogen-bond acceptors (Lipinski definition) is 10. The van der Waals surface area contributed by atoms with Crippen LogP contribution in [0.15, 0.2) is 0 Å². The Balaban J connectivity index is 4.28. The van der Waals surface area contributed by atoms with Crippen LogP contribution in [0.2, 0.25) is 0 Å². The lowest BCUT2D eigenvalue weighted by Gasteiger charge is -2.29. The van der Waals surface area contributed by atoms with Crippen LogP contribution in [0.4, 0.5) is 0 Å². The van der Waals surface area contributed by atoms with Gasteiger partial charge < -0.3 is 35.0 Å². The zero-order valence-corrected chi connectivity index (χ0v) is 20.1. The quantitative estimate of drug-likeness (QED) is 0.104. The van der Waals surface area contributed by atoms with Crippen LogP contribution >= 0.6 is 19.6 Å². The Morgan fingerprint density at radius 1 is 1.06 bits per heavy atom. The first-order chi connectivity index (χ1) is 14.7. The summed E-state index contributed by atoms with van der Waals surface area (Å²) >= 11 is 1.12. The molecule has 0 aromatic rings. The Kier molecular flexibility index (Phi) is 13.7. The van der Waals surface area contributed by atoms with E-state index >= 15 is 0 Å². The molecule has 0 saturated carbocycles. The number of thioether (sulfide) groups is 1. The average molecular weight is 502 g/mol. The Morgan fingerprint density at radius 2 is 1.69 bits per heavy atom. The highest BCUT2D eigenvalue weighted by atomic mass is 32.2. The monoisotopic (exact) mass is 502 g/mol. The van der Waals surface area contributed by atoms with E-state index in [9.17, 15) is 28.8 Å². The highest BCUT2D eigenvalue weighted by Crippen LogP contribution is 2.38. The normalized spacial score (nSPS) is 13.6. The molecule has 0 radical (unpaired) electrons. The van der Waals surface area contributed by atoms with Gasteiger partial charge in [0, 0.05) is 30.7 Å². The molecule has 2 amide bonds. The van der Waals surface area contributed by atoms with Crippen LogP contribution in [0.5, 0.6) is 0 Å². The standard InChI is InChI=1S/C17H31N2O11PS/c1-17(2,10-30-31(25,26)27)14(22)15(23)19-6-5-12(20)18-7-8-32-11(16(24)29-4)9-13(21)28-3/h11,14,22H,5-10H2,1-4H3,(H,18,20)(H,19,23)(H2,25,26,27)/t11?,14-/m0/s1. The number of phosphoric acid groups is 1. The molecular weight excluding hydrogens is 471 g/mol. The lowest BCUT2D eigenvalue weighted by Crippen LogP contribution is -2.46. The summed E-state index contributed by atoms with van der Waals surface area (Å²) in [5.74, 6) is -2.04. The highest BCUT2D eigenvalue weighted by Gasteiger charge is 2.35. The molecule has 5 N–H and O–H groups in total. The maximum absolute atomic E-state index is 12.0. The first-order valence-electron chi connectivity index (χ1n) is 9.42. The van der Waals surface area contributed by atoms with Crippen molar-refractivity contribution >= 4 is 43.3 Å². The second-order valence-electron chi connectivity index (χ2n) is 7.21. The fourth-order valence-electron chi connectivity index (χ4n) is 2.14. The van der Waals surface area contributed by atoms with Crippen molar-refractivity contribution in [3.05, 3.63) is 0 Å². The maximum atomic E-state index is 12.0. The van der Waals surface area contributed by atoms with Crippen molar-refractivity contribution in [1.82, 2.24) is 10.6 Å². The summed E-state index contributed by atoms with van der Waals surface area (Å²) < 4.78 is 24.3. The van der Waals surface area contributed by atoms with Gasteiger partial charge in [0.05, 0.1) is 27.2 Å². The van der Waals surface area contributed by atoms with Gasteiger partial charge in [-0.1, -0.05) is 13.8 Å². The maximum Gasteiger partial charge on any atom is 0.469 e. The summed E-state index contributed by atoms with van der Waals surface area (Å²) in [7, 11) is -2.34. The van der Waals surface area contributed by atoms with Gasteiger partial charge in [-0.3, -0.25) is 23.7 Å². The molecule has 186 valence electrons. The molecule has 15 heteroatoms. The lowest BCUT2D eigenvalue weighted by atomic mass is 9.87. The van der Waals surface area contributed by atoms with Gasteiger partial charge >= 0.3 is 19.8 Å². The van der Waals surface area contributed by atoms with E-state index in [-0.39, 0.29) is 25.9 Å². The summed E-state index contributed by atoms with van der Waals surface area (Å²) in [4.78, 5) is 64.3. The predicted molar refractivity (Wildman–Crippen MR) is 113 cm³/mol. The van der Waals surface area contributed by atoms with Gasteiger partial charge in [0.2, 0.25) is 11.8 Å². The van der Waals surface area contributed by atoms with Gasteiger partial charge in [-0.2, -0.15) is 0 Å². The fourth-order valence-corrected chi connectivity index (χ4v) is 3.63. The zero-order valence-electron chi connectivity index (χ0n) is 18.4. The van der Waals surface area contributed by atoms with E-state index in [1.54, 1.807) is 0 Å². The number of nitrogens with one attached hydrogen (secondary N) is 2. The van der Waals surface area contributed by atoms with Crippen LogP contribution in [-0.4, -0.2) is 89.7 Å². The molecule has 0 aromatic carbocycles. The number of methoxy groups -OCH3 is 2. The Hall–Kier alpha value is -1.70. The number of carbonyl (C=O) groups is 4. The molecule has 0 rings (SSSR count). The van der Waals surface area contributed by atoms with Crippen LogP contribution in [-0.2, 0) is 37.7 Å². The van der Waals surface area contributed by atoms with Crippen LogP contribution in [0, 0.1) is 5.41 Å². The van der Waals surface area contributed by atoms with Crippen molar-refractivity contribution in [3.63, 3.8) is 0 Å². The summed E-state index contributed by atoms with van der Waals surface area (Å²) in [5.41, 5.74) is -1.29. The van der Waals surface area contributed by atoms with Gasteiger partial charge in [0.1, 0.15) is 11.4 Å². The van der Waals surface area contributed by atoms with Crippen molar-refractivity contribution in [2.24, 2.45) is 5.41 Å². The van der Waals surface area contributed by atoms with Crippen molar-refractivity contribution in [2.45, 2.75) is 38.0 Å². The zero-order chi connectivity index (χ0) is 24.9. The second-order valence-corrected chi connectivity index (χ2v) is 9.76. The summed E-state index contributed by atoms with van der Waals surface area (Å²) in [6.45, 7) is 2.32. The van der Waals surface area contributed by atoms with E-state index in [0.717, 1.165) is 11.8 Å². The number of hydrogen-bond donors (Lipinski definition) is 5. The van der Waals surface area contributed by atoms with Gasteiger partial charge in [0.15, 0.2) is 0 Å². The smallest absolute Gasteiger partial charge is 0.469 e. The summed E-state index contributed by atoms with van der Waals surface area (Å²) in [6.07, 6.45) is -1.88. The number of phosphoric ester groups is 1. The minimum absolute atomic E-state index is 0.0859. The van der Waals surface area contributed by atoms with E-state index in [0.29, 0.717) is 5.75 Å². The van der Waals surface area contributed by atoms with Crippen LogP contribution in [0.1, 0.15) is 26.7 Å². The molecule has 2 atom stereocenters. The Bertz CT molecular complexity index is 698. The molecule has 0 aliphatic heterocycles. The third-order valence-electron chi connectivity index (χ3n) is 4.03. The first kappa shape index (κ1) is 30.3. The molecule has 0 heterocycles. The molecule has 0 fully saturated rings. The van der Waals surface area contributed by atoms with Crippen molar-refractivity contribution in [2.75, 3.05) is 39.7 Å². The molecule has 0 spiro atoms. The molecule has 0 bridgehead atoms. The Labute approximate surface area is 190 Å². The molecule has 32 heavy (non-hydrogen) atoms. The predicted octanol–water partition coefficient (Wildman–Crippen LogP) is -1.06. The molecule has 0 aliphatic carbocycles. The number of amides is 2. The van der Waals surface area contributed by atoms with Gasteiger partial charge in [0.25, 0.3) is 0 Å². The number of esters is 2. The van der Waals surface area contributed by atoms with Gasteiger partial charge in [-0.15, -0.1) is 11.8 Å². The van der Waals surface area contributed by atoms with Gasteiger partial charge in [-0.05, 0) is 0 Å². The number of carbonyl (C=O) groups excluding carboxylic acids is 4. The summed E-state index contributed by atoms with van der Waals surface area (Å²) in [5, 5.41) is 14.2.